The highest BCUT2D eigenvalue weighted by molar-refractivity contribution is 8.00. The second-order valence-corrected chi connectivity index (χ2v) is 7.88. The minimum absolute atomic E-state index is 0.0479. The van der Waals surface area contributed by atoms with E-state index < -0.39 is 5.97 Å². The Morgan fingerprint density at radius 3 is 2.63 bits per heavy atom. The quantitative estimate of drug-likeness (QED) is 0.511. The molecular formula is C19H22N2O4S2. The monoisotopic (exact) mass is 406 g/mol. The van der Waals surface area contributed by atoms with E-state index in [1.165, 1.54) is 21.5 Å². The summed E-state index contributed by atoms with van der Waals surface area (Å²) in [5.41, 5.74) is 0.348. The molecule has 144 valence electrons. The number of ether oxygens (including phenoxy) is 1. The van der Waals surface area contributed by atoms with E-state index in [-0.39, 0.29) is 24.2 Å². The lowest BCUT2D eigenvalue weighted by Gasteiger charge is -2.12. The maximum atomic E-state index is 12.3. The van der Waals surface area contributed by atoms with Gasteiger partial charge in [0.25, 0.3) is 5.91 Å². The lowest BCUT2D eigenvalue weighted by molar-refractivity contribution is -0.126. The molecule has 0 aliphatic rings. The standard InChI is InChI=1S/C19H22N2O4S2/c1-21(2)18(23)13-27-16-8-4-3-7-15(16)19(24)25-12-17(22)20-10-9-14-6-5-11-26-14/h3-8,11H,9-10,12-13H2,1-2H3,(H,20,22). The van der Waals surface area contributed by atoms with Gasteiger partial charge in [-0.05, 0) is 30.0 Å². The minimum Gasteiger partial charge on any atom is -0.452 e. The molecule has 0 saturated heterocycles. The van der Waals surface area contributed by atoms with Crippen LogP contribution in [0.25, 0.3) is 0 Å². The molecular weight excluding hydrogens is 384 g/mol. The fraction of sp³-hybridized carbons (Fsp3) is 0.316. The topological polar surface area (TPSA) is 75.7 Å². The van der Waals surface area contributed by atoms with Crippen molar-refractivity contribution in [2.75, 3.05) is 33.0 Å². The SMILES string of the molecule is CN(C)C(=O)CSc1ccccc1C(=O)OCC(=O)NCCc1cccs1. The average molecular weight is 407 g/mol. The first-order valence-electron chi connectivity index (χ1n) is 8.35. The van der Waals surface area contributed by atoms with E-state index in [0.29, 0.717) is 17.0 Å². The first kappa shape index (κ1) is 21.0. The zero-order chi connectivity index (χ0) is 19.6. The molecule has 2 amide bonds. The minimum atomic E-state index is -0.580. The zero-order valence-electron chi connectivity index (χ0n) is 15.3. The van der Waals surface area contributed by atoms with Crippen LogP contribution >= 0.6 is 23.1 Å². The Balaban J connectivity index is 1.81. The van der Waals surface area contributed by atoms with Crippen LogP contribution in [0.2, 0.25) is 0 Å². The number of thioether (sulfide) groups is 1. The van der Waals surface area contributed by atoms with Gasteiger partial charge in [0.1, 0.15) is 0 Å². The summed E-state index contributed by atoms with van der Waals surface area (Å²) < 4.78 is 5.12. The summed E-state index contributed by atoms with van der Waals surface area (Å²) in [5.74, 6) is -0.745. The van der Waals surface area contributed by atoms with E-state index in [4.69, 9.17) is 4.74 Å². The zero-order valence-corrected chi connectivity index (χ0v) is 16.9. The third-order valence-corrected chi connectivity index (χ3v) is 5.56. The van der Waals surface area contributed by atoms with Crippen LogP contribution in [0.4, 0.5) is 0 Å². The molecule has 1 N–H and O–H groups in total. The van der Waals surface area contributed by atoms with Crippen LogP contribution in [0.3, 0.4) is 0 Å². The Kier molecular flexibility index (Phi) is 8.35. The summed E-state index contributed by atoms with van der Waals surface area (Å²) in [7, 11) is 3.36. The Morgan fingerprint density at radius 2 is 1.93 bits per heavy atom. The second-order valence-electron chi connectivity index (χ2n) is 5.83. The van der Waals surface area contributed by atoms with Gasteiger partial charge in [0.15, 0.2) is 6.61 Å². The van der Waals surface area contributed by atoms with Crippen molar-refractivity contribution >= 4 is 40.9 Å². The van der Waals surface area contributed by atoms with Crippen molar-refractivity contribution in [3.05, 3.63) is 52.2 Å². The number of nitrogens with zero attached hydrogens (tertiary/aromatic N) is 1. The van der Waals surface area contributed by atoms with Gasteiger partial charge < -0.3 is 15.0 Å². The van der Waals surface area contributed by atoms with E-state index in [9.17, 15) is 14.4 Å². The number of nitrogens with one attached hydrogen (secondary N) is 1. The highest BCUT2D eigenvalue weighted by Gasteiger charge is 2.16. The molecule has 8 heteroatoms. The summed E-state index contributed by atoms with van der Waals surface area (Å²) in [5, 5.41) is 4.72. The number of esters is 1. The van der Waals surface area contributed by atoms with Crippen LogP contribution in [-0.4, -0.2) is 55.7 Å². The van der Waals surface area contributed by atoms with Crippen molar-refractivity contribution in [1.82, 2.24) is 10.2 Å². The van der Waals surface area contributed by atoms with E-state index in [2.05, 4.69) is 5.32 Å². The molecule has 0 fully saturated rings. The lowest BCUT2D eigenvalue weighted by Crippen LogP contribution is -2.30. The molecule has 2 rings (SSSR count). The molecule has 1 heterocycles. The van der Waals surface area contributed by atoms with Gasteiger partial charge in [0.05, 0.1) is 11.3 Å². The Labute approximate surface area is 166 Å². The van der Waals surface area contributed by atoms with Crippen LogP contribution in [0, 0.1) is 0 Å². The number of amides is 2. The highest BCUT2D eigenvalue weighted by atomic mass is 32.2. The highest BCUT2D eigenvalue weighted by Crippen LogP contribution is 2.23. The summed E-state index contributed by atoms with van der Waals surface area (Å²) in [6.45, 7) is 0.162. The number of benzene rings is 1. The number of hydrogen-bond acceptors (Lipinski definition) is 6. The summed E-state index contributed by atoms with van der Waals surface area (Å²) in [4.78, 5) is 39.2. The van der Waals surface area contributed by atoms with E-state index in [1.807, 2.05) is 17.5 Å². The molecule has 27 heavy (non-hydrogen) atoms. The fourth-order valence-electron chi connectivity index (χ4n) is 2.07. The first-order valence-corrected chi connectivity index (χ1v) is 10.2. The molecule has 2 aromatic rings. The predicted octanol–water partition coefficient (Wildman–Crippen LogP) is 2.44. The van der Waals surface area contributed by atoms with Crippen molar-refractivity contribution in [2.45, 2.75) is 11.3 Å². The molecule has 0 aliphatic carbocycles. The van der Waals surface area contributed by atoms with Gasteiger partial charge in [0, 0.05) is 30.4 Å². The summed E-state index contributed by atoms with van der Waals surface area (Å²) >= 11 is 2.90. The number of carbonyl (C=O) groups is 3. The second kappa shape index (κ2) is 10.7. The first-order chi connectivity index (χ1) is 13.0. The van der Waals surface area contributed by atoms with Gasteiger partial charge in [-0.15, -0.1) is 23.1 Å². The van der Waals surface area contributed by atoms with E-state index in [1.54, 1.807) is 49.7 Å². The lowest BCUT2D eigenvalue weighted by atomic mass is 10.2. The van der Waals surface area contributed by atoms with Crippen molar-refractivity contribution in [3.8, 4) is 0 Å². The van der Waals surface area contributed by atoms with E-state index >= 15 is 0 Å². The van der Waals surface area contributed by atoms with Crippen LogP contribution in [0.1, 0.15) is 15.2 Å². The Bertz CT molecular complexity index is 776. The third kappa shape index (κ3) is 7.07. The van der Waals surface area contributed by atoms with Crippen molar-refractivity contribution < 1.29 is 19.1 Å². The van der Waals surface area contributed by atoms with Crippen LogP contribution in [0.5, 0.6) is 0 Å². The van der Waals surface area contributed by atoms with Gasteiger partial charge in [-0.3, -0.25) is 9.59 Å². The van der Waals surface area contributed by atoms with Gasteiger partial charge in [-0.25, -0.2) is 4.79 Å². The Morgan fingerprint density at radius 1 is 1.15 bits per heavy atom. The number of rotatable bonds is 9. The Hall–Kier alpha value is -2.32. The van der Waals surface area contributed by atoms with Crippen molar-refractivity contribution in [1.29, 1.82) is 0 Å². The molecule has 0 bridgehead atoms. The molecule has 0 saturated carbocycles. The largest absolute Gasteiger partial charge is 0.452 e. The van der Waals surface area contributed by atoms with Crippen LogP contribution in [0.15, 0.2) is 46.7 Å². The third-order valence-electron chi connectivity index (χ3n) is 3.56. The fourth-order valence-corrected chi connectivity index (χ4v) is 3.80. The summed E-state index contributed by atoms with van der Waals surface area (Å²) in [6, 6.07) is 10.9. The maximum absolute atomic E-state index is 12.3. The molecule has 1 aromatic heterocycles. The smallest absolute Gasteiger partial charge is 0.339 e. The number of thiophene rings is 1. The van der Waals surface area contributed by atoms with Gasteiger partial charge >= 0.3 is 5.97 Å². The maximum Gasteiger partial charge on any atom is 0.339 e. The normalized spacial score (nSPS) is 10.3. The van der Waals surface area contributed by atoms with E-state index in [0.717, 1.165) is 6.42 Å². The molecule has 0 aliphatic heterocycles. The predicted molar refractivity (Wildman–Crippen MR) is 107 cm³/mol. The molecule has 0 atom stereocenters. The molecule has 1 aromatic carbocycles. The number of carbonyl (C=O) groups excluding carboxylic acids is 3. The van der Waals surface area contributed by atoms with Gasteiger partial charge in [-0.1, -0.05) is 18.2 Å². The van der Waals surface area contributed by atoms with Crippen molar-refractivity contribution in [3.63, 3.8) is 0 Å². The van der Waals surface area contributed by atoms with Crippen LogP contribution in [-0.2, 0) is 20.7 Å². The molecule has 0 spiro atoms. The molecule has 0 radical (unpaired) electrons. The molecule has 0 unspecified atom stereocenters. The van der Waals surface area contributed by atoms with Crippen LogP contribution < -0.4 is 5.32 Å². The number of hydrogen-bond donors (Lipinski definition) is 1. The van der Waals surface area contributed by atoms with Crippen molar-refractivity contribution in [2.24, 2.45) is 0 Å². The molecule has 6 nitrogen and oxygen atoms in total. The van der Waals surface area contributed by atoms with Gasteiger partial charge in [-0.2, -0.15) is 0 Å². The average Bonchev–Trinajstić information content (AvgIpc) is 3.17. The summed E-state index contributed by atoms with van der Waals surface area (Å²) in [6.07, 6.45) is 0.747. The van der Waals surface area contributed by atoms with Gasteiger partial charge in [0.2, 0.25) is 5.91 Å².